The van der Waals surface area contributed by atoms with Crippen LogP contribution in [0.5, 0.6) is 11.5 Å². The summed E-state index contributed by atoms with van der Waals surface area (Å²) in [5, 5.41) is 67.1. The molecule has 1 aliphatic heterocycles. The number of nitrogens with one attached hydrogen (secondary N) is 3. The van der Waals surface area contributed by atoms with Crippen LogP contribution in [0.4, 0.5) is 0 Å². The first-order chi connectivity index (χ1) is 20.0. The lowest BCUT2D eigenvalue weighted by molar-refractivity contribution is 0.0540. The Kier molecular flexibility index (Phi) is 12.5. The van der Waals surface area contributed by atoms with Crippen molar-refractivity contribution in [2.75, 3.05) is 52.5 Å². The van der Waals surface area contributed by atoms with E-state index in [1.807, 2.05) is 26.0 Å². The highest BCUT2D eigenvalue weighted by atomic mass is 16.3. The molecule has 0 bridgehead atoms. The quantitative estimate of drug-likeness (QED) is 0.156. The molecule has 1 fully saturated rings. The molecular formula is C29H43N5O8. The number of hydrogen-bond donors (Lipinski definition) is 9. The molecule has 42 heavy (non-hydrogen) atoms. The zero-order valence-electron chi connectivity index (χ0n) is 24.1. The molecule has 0 aliphatic carbocycles. The first kappa shape index (κ1) is 33.2. The van der Waals surface area contributed by atoms with E-state index in [2.05, 4.69) is 25.8 Å². The second-order valence-corrected chi connectivity index (χ2v) is 10.6. The standard InChI is InChI=1S/C29H43N5O8/c1-18-10-20(26(39)22(12-18)28(41)31-24(37)16-35)14-33-6-3-4-30-5-7-34(9-8-33)15-21-11-19(2)13-23(27(21)40)29(42)32-25(38)17-36/h10-13,24-25,30,35-40H,3-9,14-17H2,1-2H3,(H,31,41)(H,32,42). The Balaban J connectivity index is 1.77. The highest BCUT2D eigenvalue weighted by Crippen LogP contribution is 2.28. The maximum absolute atomic E-state index is 12.6. The molecule has 0 radical (unpaired) electrons. The summed E-state index contributed by atoms with van der Waals surface area (Å²) in [6.45, 7) is 7.22. The number of amides is 2. The largest absolute Gasteiger partial charge is 0.507 e. The van der Waals surface area contributed by atoms with E-state index in [0.717, 1.165) is 37.2 Å². The number of carbonyl (C=O) groups excluding carboxylic acids is 2. The summed E-state index contributed by atoms with van der Waals surface area (Å²) in [5.41, 5.74) is 2.67. The second-order valence-electron chi connectivity index (χ2n) is 10.6. The highest BCUT2D eigenvalue weighted by molar-refractivity contribution is 5.98. The van der Waals surface area contributed by atoms with Crippen molar-refractivity contribution in [3.63, 3.8) is 0 Å². The fraction of sp³-hybridized carbons (Fsp3) is 0.517. The lowest BCUT2D eigenvalue weighted by Crippen LogP contribution is -2.41. The van der Waals surface area contributed by atoms with Crippen LogP contribution in [0.25, 0.3) is 0 Å². The molecule has 1 saturated heterocycles. The third kappa shape index (κ3) is 9.36. The Morgan fingerprint density at radius 3 is 1.67 bits per heavy atom. The number of hydrogen-bond acceptors (Lipinski definition) is 11. The van der Waals surface area contributed by atoms with E-state index < -0.39 is 37.5 Å². The summed E-state index contributed by atoms with van der Waals surface area (Å²) in [7, 11) is 0. The Hall–Kier alpha value is -3.30. The molecule has 2 aromatic rings. The first-order valence-corrected chi connectivity index (χ1v) is 14.0. The number of nitrogens with zero attached hydrogens (tertiary/aromatic N) is 2. The number of aromatic hydroxyl groups is 2. The lowest BCUT2D eigenvalue weighted by Gasteiger charge is -2.30. The van der Waals surface area contributed by atoms with Crippen LogP contribution >= 0.6 is 0 Å². The number of aryl methyl sites for hydroxylation is 2. The van der Waals surface area contributed by atoms with E-state index in [-0.39, 0.29) is 22.6 Å². The van der Waals surface area contributed by atoms with Crippen LogP contribution in [0.15, 0.2) is 24.3 Å². The lowest BCUT2D eigenvalue weighted by atomic mass is 10.0. The van der Waals surface area contributed by atoms with Gasteiger partial charge in [0.05, 0.1) is 24.3 Å². The third-order valence-corrected chi connectivity index (χ3v) is 7.05. The first-order valence-electron chi connectivity index (χ1n) is 14.0. The van der Waals surface area contributed by atoms with Crippen molar-refractivity contribution < 1.29 is 40.2 Å². The van der Waals surface area contributed by atoms with Crippen LogP contribution in [-0.2, 0) is 13.1 Å². The maximum atomic E-state index is 12.6. The Morgan fingerprint density at radius 1 is 0.762 bits per heavy atom. The fourth-order valence-corrected chi connectivity index (χ4v) is 4.94. The van der Waals surface area contributed by atoms with Crippen molar-refractivity contribution in [2.24, 2.45) is 0 Å². The minimum atomic E-state index is -1.44. The van der Waals surface area contributed by atoms with Crippen LogP contribution in [-0.4, -0.2) is 117 Å². The van der Waals surface area contributed by atoms with Gasteiger partial charge < -0.3 is 46.6 Å². The molecule has 0 aromatic heterocycles. The third-order valence-electron chi connectivity index (χ3n) is 7.05. The average Bonchev–Trinajstić information content (AvgIpc) is 2.95. The minimum absolute atomic E-state index is 0.0135. The second kappa shape index (κ2) is 15.8. The summed E-state index contributed by atoms with van der Waals surface area (Å²) in [6.07, 6.45) is -2.00. The molecule has 2 atom stereocenters. The van der Waals surface area contributed by atoms with E-state index in [0.29, 0.717) is 43.9 Å². The van der Waals surface area contributed by atoms with Crippen LogP contribution < -0.4 is 16.0 Å². The minimum Gasteiger partial charge on any atom is -0.507 e. The molecule has 13 heteroatoms. The van der Waals surface area contributed by atoms with Gasteiger partial charge in [0, 0.05) is 50.4 Å². The summed E-state index contributed by atoms with van der Waals surface area (Å²) in [4.78, 5) is 29.5. The van der Waals surface area contributed by atoms with Gasteiger partial charge in [0.25, 0.3) is 11.8 Å². The molecule has 2 amide bonds. The van der Waals surface area contributed by atoms with Crippen LogP contribution in [0.2, 0.25) is 0 Å². The van der Waals surface area contributed by atoms with Gasteiger partial charge in [-0.05, 0) is 56.6 Å². The van der Waals surface area contributed by atoms with Gasteiger partial charge in [0.2, 0.25) is 0 Å². The van der Waals surface area contributed by atoms with Gasteiger partial charge in [0.15, 0.2) is 0 Å². The number of aliphatic hydroxyl groups is 4. The highest BCUT2D eigenvalue weighted by Gasteiger charge is 2.22. The predicted molar refractivity (Wildman–Crippen MR) is 155 cm³/mol. The van der Waals surface area contributed by atoms with Gasteiger partial charge in [-0.25, -0.2) is 0 Å². The van der Waals surface area contributed by atoms with Crippen LogP contribution in [0.3, 0.4) is 0 Å². The Bertz CT molecular complexity index is 1130. The van der Waals surface area contributed by atoms with Crippen molar-refractivity contribution in [1.29, 1.82) is 0 Å². The van der Waals surface area contributed by atoms with Gasteiger partial charge in [0.1, 0.15) is 24.0 Å². The monoisotopic (exact) mass is 589 g/mol. The van der Waals surface area contributed by atoms with Crippen molar-refractivity contribution in [3.8, 4) is 11.5 Å². The summed E-state index contributed by atoms with van der Waals surface area (Å²) >= 11 is 0. The van der Waals surface area contributed by atoms with E-state index in [9.17, 15) is 30.0 Å². The number of aliphatic hydroxyl groups excluding tert-OH is 4. The Labute approximate surface area is 245 Å². The topological polar surface area (TPSA) is 198 Å². The van der Waals surface area contributed by atoms with Crippen LogP contribution in [0, 0.1) is 13.8 Å². The smallest absolute Gasteiger partial charge is 0.257 e. The number of phenolic OH excluding ortho intramolecular Hbond substituents is 2. The molecule has 0 saturated carbocycles. The number of phenols is 2. The summed E-state index contributed by atoms with van der Waals surface area (Å²) < 4.78 is 0. The fourth-order valence-electron chi connectivity index (χ4n) is 4.94. The van der Waals surface area contributed by atoms with Gasteiger partial charge in [-0.15, -0.1) is 0 Å². The van der Waals surface area contributed by atoms with E-state index in [4.69, 9.17) is 10.2 Å². The van der Waals surface area contributed by atoms with Gasteiger partial charge in [-0.2, -0.15) is 0 Å². The van der Waals surface area contributed by atoms with Crippen molar-refractivity contribution in [3.05, 3.63) is 57.6 Å². The normalized spacial score (nSPS) is 16.9. The summed E-state index contributed by atoms with van der Waals surface area (Å²) in [6, 6.07) is 6.68. The molecule has 2 unspecified atom stereocenters. The van der Waals surface area contributed by atoms with E-state index in [1.54, 1.807) is 0 Å². The molecule has 3 rings (SSSR count). The van der Waals surface area contributed by atoms with Gasteiger partial charge in [-0.3, -0.25) is 19.4 Å². The zero-order chi connectivity index (χ0) is 30.8. The molecule has 13 nitrogen and oxygen atoms in total. The molecular weight excluding hydrogens is 546 g/mol. The number of benzene rings is 2. The number of rotatable bonds is 10. The van der Waals surface area contributed by atoms with Gasteiger partial charge in [-0.1, -0.05) is 12.1 Å². The van der Waals surface area contributed by atoms with Crippen LogP contribution in [0.1, 0.15) is 49.4 Å². The van der Waals surface area contributed by atoms with Crippen molar-refractivity contribution in [1.82, 2.24) is 25.8 Å². The molecule has 0 spiro atoms. The maximum Gasteiger partial charge on any atom is 0.257 e. The molecule has 2 aromatic carbocycles. The van der Waals surface area contributed by atoms with Gasteiger partial charge >= 0.3 is 0 Å². The molecule has 232 valence electrons. The number of carbonyl (C=O) groups is 2. The SMILES string of the molecule is Cc1cc(CN2CCCNCCN(Cc3cc(C)cc(C(=O)NC(O)CO)c3O)CC2)c(O)c(C(=O)NC(O)CO)c1. The van der Waals surface area contributed by atoms with E-state index in [1.165, 1.54) is 12.1 Å². The Morgan fingerprint density at radius 2 is 1.21 bits per heavy atom. The predicted octanol–water partition coefficient (Wildman–Crippen LogP) is -0.907. The average molecular weight is 590 g/mol. The molecule has 1 heterocycles. The van der Waals surface area contributed by atoms with Crippen molar-refractivity contribution in [2.45, 2.75) is 45.8 Å². The zero-order valence-corrected chi connectivity index (χ0v) is 24.1. The van der Waals surface area contributed by atoms with E-state index >= 15 is 0 Å². The molecule has 1 aliphatic rings. The molecule has 9 N–H and O–H groups in total. The van der Waals surface area contributed by atoms with Crippen molar-refractivity contribution >= 4 is 11.8 Å². The summed E-state index contributed by atoms with van der Waals surface area (Å²) in [5.74, 6) is -1.75.